The van der Waals surface area contributed by atoms with Crippen molar-refractivity contribution >= 4 is 54.3 Å². The fraction of sp³-hybridized carbons (Fsp3) is 0.0370. The second kappa shape index (κ2) is 12.2. The van der Waals surface area contributed by atoms with Crippen molar-refractivity contribution in [2.45, 2.75) is 12.0 Å². The zero-order valence-corrected chi connectivity index (χ0v) is 30.4. The van der Waals surface area contributed by atoms with Crippen LogP contribution < -0.4 is 4.74 Å². The molecule has 1 aliphatic heterocycles. The van der Waals surface area contributed by atoms with Crippen molar-refractivity contribution in [2.24, 2.45) is 0 Å². The summed E-state index contributed by atoms with van der Waals surface area (Å²) in [7, 11) is 0. The molecule has 12 rings (SSSR count). The van der Waals surface area contributed by atoms with Crippen LogP contribution in [0.1, 0.15) is 11.5 Å². The van der Waals surface area contributed by atoms with Gasteiger partial charge < -0.3 is 9.15 Å². The molecule has 2 aliphatic rings. The van der Waals surface area contributed by atoms with E-state index in [2.05, 4.69) is 188 Å². The van der Waals surface area contributed by atoms with Gasteiger partial charge in [-0.2, -0.15) is 0 Å². The van der Waals surface area contributed by atoms with E-state index in [1.165, 1.54) is 65.7 Å². The van der Waals surface area contributed by atoms with Gasteiger partial charge in [0.2, 0.25) is 0 Å². The number of fused-ring (bicyclic) bond motifs is 9. The molecule has 0 bridgehead atoms. The Morgan fingerprint density at radius 3 is 1.71 bits per heavy atom. The van der Waals surface area contributed by atoms with E-state index < -0.39 is 0 Å². The minimum Gasteiger partial charge on any atom is -0.484 e. The highest BCUT2D eigenvalue weighted by Crippen LogP contribution is 2.52. The zero-order valence-electron chi connectivity index (χ0n) is 30.4. The summed E-state index contributed by atoms with van der Waals surface area (Å²) in [5.41, 5.74) is 12.4. The van der Waals surface area contributed by atoms with Gasteiger partial charge in [-0.15, -0.1) is 0 Å². The lowest BCUT2D eigenvalue weighted by atomic mass is 9.84. The molecule has 0 radical (unpaired) electrons. The van der Waals surface area contributed by atoms with E-state index >= 15 is 0 Å². The van der Waals surface area contributed by atoms with Gasteiger partial charge in [-0.1, -0.05) is 170 Å². The number of furan rings is 1. The van der Waals surface area contributed by atoms with Crippen molar-refractivity contribution < 1.29 is 9.15 Å². The third-order valence-electron chi connectivity index (χ3n) is 12.0. The Kier molecular flexibility index (Phi) is 6.79. The largest absolute Gasteiger partial charge is 0.484 e. The molecule has 0 saturated heterocycles. The van der Waals surface area contributed by atoms with Crippen molar-refractivity contribution in [1.29, 1.82) is 0 Å². The second-order valence-electron chi connectivity index (χ2n) is 15.0. The van der Waals surface area contributed by atoms with Crippen LogP contribution in [0, 0.1) is 0 Å². The number of hydrogen-bond donors (Lipinski definition) is 0. The molecular weight excluding hydrogens is 681 g/mol. The first-order chi connectivity index (χ1) is 27.8. The molecule has 0 N–H and O–H groups in total. The Balaban J connectivity index is 1.06. The summed E-state index contributed by atoms with van der Waals surface area (Å²) in [6.07, 6.45) is 8.63. The molecule has 0 fully saturated rings. The summed E-state index contributed by atoms with van der Waals surface area (Å²) in [5.74, 6) is 1.08. The van der Waals surface area contributed by atoms with Crippen molar-refractivity contribution in [3.05, 3.63) is 200 Å². The third-order valence-corrected chi connectivity index (χ3v) is 12.0. The number of benzene rings is 9. The van der Waals surface area contributed by atoms with Gasteiger partial charge in [0.25, 0.3) is 0 Å². The van der Waals surface area contributed by atoms with Crippen molar-refractivity contribution in [1.82, 2.24) is 0 Å². The first-order valence-corrected chi connectivity index (χ1v) is 19.4. The van der Waals surface area contributed by atoms with Gasteiger partial charge in [-0.05, 0) is 95.5 Å². The van der Waals surface area contributed by atoms with Crippen molar-refractivity contribution in [3.8, 4) is 50.3 Å². The summed E-state index contributed by atoms with van der Waals surface area (Å²) in [5, 5.41) is 9.68. The maximum absolute atomic E-state index is 6.81. The van der Waals surface area contributed by atoms with Gasteiger partial charge in [0.1, 0.15) is 23.0 Å². The molecule has 56 heavy (non-hydrogen) atoms. The minimum atomic E-state index is -0.0313. The van der Waals surface area contributed by atoms with Gasteiger partial charge in [0, 0.05) is 22.3 Å². The molecule has 262 valence electrons. The molecule has 2 atom stereocenters. The summed E-state index contributed by atoms with van der Waals surface area (Å²) < 4.78 is 13.5. The van der Waals surface area contributed by atoms with Crippen LogP contribution in [0.15, 0.2) is 199 Å². The van der Waals surface area contributed by atoms with Crippen molar-refractivity contribution in [3.63, 3.8) is 0 Å². The zero-order chi connectivity index (χ0) is 36.7. The fourth-order valence-electron chi connectivity index (χ4n) is 9.49. The second-order valence-corrected chi connectivity index (χ2v) is 15.0. The lowest BCUT2D eigenvalue weighted by Gasteiger charge is -2.19. The normalized spacial score (nSPS) is 15.9. The Morgan fingerprint density at radius 2 is 0.964 bits per heavy atom. The fourth-order valence-corrected chi connectivity index (χ4v) is 9.49. The van der Waals surface area contributed by atoms with Gasteiger partial charge in [0.05, 0.1) is 5.56 Å². The lowest BCUT2D eigenvalue weighted by Crippen LogP contribution is -2.15. The Hall–Kier alpha value is -7.16. The first-order valence-electron chi connectivity index (χ1n) is 19.4. The third kappa shape index (κ3) is 4.63. The van der Waals surface area contributed by atoms with Crippen LogP contribution in [-0.4, -0.2) is 6.10 Å². The van der Waals surface area contributed by atoms with Crippen LogP contribution in [-0.2, 0) is 0 Å². The van der Waals surface area contributed by atoms with Crippen molar-refractivity contribution in [2.75, 3.05) is 0 Å². The molecule has 0 spiro atoms. The number of ether oxygens (including phenoxy) is 1. The van der Waals surface area contributed by atoms with E-state index in [-0.39, 0.29) is 12.0 Å². The van der Waals surface area contributed by atoms with Gasteiger partial charge in [-0.3, -0.25) is 0 Å². The standard InChI is InChI=1S/C54H34O2/c1-2-17-38-33(13-1)14-12-24-39(38)34-27-29-35(30-28-34)50-42-20-3-5-22-44(42)51(45-23-6-4-21-43(45)50)36-15-11-16-37(31-36)52-53-46(40-18-7-9-25-48(40)55-53)32-47-41-19-8-10-26-49(41)56-54(47)52/h1-32,40,48H. The highest BCUT2D eigenvalue weighted by Gasteiger charge is 2.36. The Labute approximate surface area is 324 Å². The van der Waals surface area contributed by atoms with E-state index in [1.807, 2.05) is 6.07 Å². The number of hydrogen-bond acceptors (Lipinski definition) is 2. The summed E-state index contributed by atoms with van der Waals surface area (Å²) >= 11 is 0. The molecule has 2 unspecified atom stereocenters. The average Bonchev–Trinajstić information content (AvgIpc) is 3.82. The van der Waals surface area contributed by atoms with E-state index in [1.54, 1.807) is 0 Å². The van der Waals surface area contributed by atoms with Crippen LogP contribution in [0.3, 0.4) is 0 Å². The predicted octanol–water partition coefficient (Wildman–Crippen LogP) is 14.7. The molecule has 0 saturated carbocycles. The quantitative estimate of drug-likeness (QED) is 0.169. The maximum Gasteiger partial charge on any atom is 0.146 e. The smallest absolute Gasteiger partial charge is 0.146 e. The first kappa shape index (κ1) is 31.2. The van der Waals surface area contributed by atoms with Crippen LogP contribution in [0.4, 0.5) is 0 Å². The Morgan fingerprint density at radius 1 is 0.393 bits per heavy atom. The Bertz CT molecular complexity index is 3220. The van der Waals surface area contributed by atoms with E-state index in [0.717, 1.165) is 44.4 Å². The van der Waals surface area contributed by atoms with E-state index in [4.69, 9.17) is 9.15 Å². The van der Waals surface area contributed by atoms with Gasteiger partial charge in [0.15, 0.2) is 0 Å². The monoisotopic (exact) mass is 714 g/mol. The molecule has 1 aromatic heterocycles. The maximum atomic E-state index is 6.81. The summed E-state index contributed by atoms with van der Waals surface area (Å²) in [4.78, 5) is 0. The van der Waals surface area contributed by atoms with Crippen LogP contribution in [0.25, 0.3) is 98.8 Å². The average molecular weight is 715 g/mol. The minimum absolute atomic E-state index is 0.0313. The summed E-state index contributed by atoms with van der Waals surface area (Å²) in [6.45, 7) is 0. The molecular formula is C54H34O2. The number of para-hydroxylation sites is 1. The predicted molar refractivity (Wildman–Crippen MR) is 233 cm³/mol. The van der Waals surface area contributed by atoms with Gasteiger partial charge in [-0.25, -0.2) is 0 Å². The lowest BCUT2D eigenvalue weighted by molar-refractivity contribution is 0.270. The topological polar surface area (TPSA) is 22.4 Å². The molecule has 9 aromatic carbocycles. The SMILES string of the molecule is C1=CC2Oc3c(cc4c(oc5ccccc54)c3-c3cccc(-c4c5ccccc5c(-c5ccc(-c6cccc7ccccc67)cc5)c5ccccc45)c3)C2C=C1. The van der Waals surface area contributed by atoms with Gasteiger partial charge >= 0.3 is 0 Å². The highest BCUT2D eigenvalue weighted by molar-refractivity contribution is 6.22. The molecule has 0 amide bonds. The number of rotatable bonds is 4. The molecule has 2 nitrogen and oxygen atoms in total. The molecule has 1 aliphatic carbocycles. The summed E-state index contributed by atoms with van der Waals surface area (Å²) in [6, 6.07) is 61.7. The molecule has 10 aromatic rings. The molecule has 2 heteroatoms. The van der Waals surface area contributed by atoms with E-state index in [9.17, 15) is 0 Å². The van der Waals surface area contributed by atoms with Crippen LogP contribution >= 0.6 is 0 Å². The van der Waals surface area contributed by atoms with Crippen LogP contribution in [0.5, 0.6) is 5.75 Å². The highest BCUT2D eigenvalue weighted by atomic mass is 16.5. The van der Waals surface area contributed by atoms with E-state index in [0.29, 0.717) is 0 Å². The number of allylic oxidation sites excluding steroid dienone is 2. The van der Waals surface area contributed by atoms with Crippen LogP contribution in [0.2, 0.25) is 0 Å². The molecule has 2 heterocycles.